The van der Waals surface area contributed by atoms with Crippen molar-refractivity contribution in [3.05, 3.63) is 0 Å². The van der Waals surface area contributed by atoms with Crippen LogP contribution in [0.25, 0.3) is 0 Å². The lowest BCUT2D eigenvalue weighted by Crippen LogP contribution is -2.09. The molecule has 0 aliphatic heterocycles. The summed E-state index contributed by atoms with van der Waals surface area (Å²) < 4.78 is 0. The van der Waals surface area contributed by atoms with Gasteiger partial charge < -0.3 is 15.2 Å². The maximum Gasteiger partial charge on any atom is 0.451 e. The molecule has 0 unspecified atom stereocenters. The third-order valence-electron chi connectivity index (χ3n) is 1.12. The number of aliphatic hydroxyl groups is 1. The summed E-state index contributed by atoms with van der Waals surface area (Å²) >= 11 is 0. The van der Waals surface area contributed by atoms with E-state index in [1.807, 2.05) is 0 Å². The van der Waals surface area contributed by atoms with Crippen LogP contribution < -0.4 is 0 Å². The number of hydrogen-bond donors (Lipinski definition) is 3. The Kier molecular flexibility index (Phi) is 6.03. The first-order valence-corrected chi connectivity index (χ1v) is 3.24. The maximum absolute atomic E-state index is 8.34. The van der Waals surface area contributed by atoms with E-state index in [4.69, 9.17) is 15.2 Å². The Labute approximate surface area is 55.5 Å². The monoisotopic (exact) mass is 132 g/mol. The molecule has 4 heteroatoms. The molecule has 0 saturated carbocycles. The molecule has 0 aromatic carbocycles. The minimum atomic E-state index is -1.18. The lowest BCUT2D eigenvalue weighted by Gasteiger charge is -1.96. The van der Waals surface area contributed by atoms with E-state index < -0.39 is 7.12 Å². The van der Waals surface area contributed by atoms with E-state index in [9.17, 15) is 0 Å². The molecule has 0 radical (unpaired) electrons. The van der Waals surface area contributed by atoms with Crippen LogP contribution in [-0.2, 0) is 0 Å². The van der Waals surface area contributed by atoms with Crippen molar-refractivity contribution in [3.8, 4) is 0 Å². The highest BCUT2D eigenvalue weighted by atomic mass is 16.4. The Balaban J connectivity index is 2.75. The summed E-state index contributed by atoms with van der Waals surface area (Å²) in [4.78, 5) is 0. The third-order valence-corrected chi connectivity index (χ3v) is 1.12. The summed E-state index contributed by atoms with van der Waals surface area (Å²) in [6.07, 6.45) is 2.82. The van der Waals surface area contributed by atoms with Crippen molar-refractivity contribution in [1.29, 1.82) is 0 Å². The molecule has 0 aliphatic carbocycles. The van der Waals surface area contributed by atoms with E-state index in [1.54, 1.807) is 0 Å². The molecule has 0 aliphatic rings. The molecule has 0 amide bonds. The topological polar surface area (TPSA) is 60.7 Å². The molecular weight excluding hydrogens is 119 g/mol. The van der Waals surface area contributed by atoms with Crippen LogP contribution in [0.3, 0.4) is 0 Å². The highest BCUT2D eigenvalue weighted by molar-refractivity contribution is 6.40. The standard InChI is InChI=1S/C5H13BO3/c7-5-3-1-2-4-6(8)9/h7-9H,1-5H2. The van der Waals surface area contributed by atoms with Crippen molar-refractivity contribution in [2.75, 3.05) is 6.61 Å². The van der Waals surface area contributed by atoms with Crippen molar-refractivity contribution in [2.24, 2.45) is 0 Å². The van der Waals surface area contributed by atoms with Gasteiger partial charge in [0.2, 0.25) is 0 Å². The van der Waals surface area contributed by atoms with Crippen LogP contribution in [0.1, 0.15) is 19.3 Å². The second-order valence-electron chi connectivity index (χ2n) is 2.05. The lowest BCUT2D eigenvalue weighted by atomic mass is 9.83. The Bertz CT molecular complexity index is 58.2. The minimum absolute atomic E-state index is 0.196. The van der Waals surface area contributed by atoms with Crippen LogP contribution in [0.2, 0.25) is 6.32 Å². The fourth-order valence-corrected chi connectivity index (χ4v) is 0.615. The van der Waals surface area contributed by atoms with Gasteiger partial charge in [-0.05, 0) is 12.7 Å². The summed E-state index contributed by atoms with van der Waals surface area (Å²) in [5.41, 5.74) is 0. The van der Waals surface area contributed by atoms with Gasteiger partial charge in [0.1, 0.15) is 0 Å². The first-order chi connectivity index (χ1) is 4.27. The normalized spacial score (nSPS) is 9.67. The summed E-state index contributed by atoms with van der Waals surface area (Å²) in [6.45, 7) is 0.196. The molecule has 0 rings (SSSR count). The van der Waals surface area contributed by atoms with Gasteiger partial charge >= 0.3 is 7.12 Å². The number of hydrogen-bond acceptors (Lipinski definition) is 3. The van der Waals surface area contributed by atoms with Gasteiger partial charge in [-0.15, -0.1) is 0 Å². The SMILES string of the molecule is OCCCCCB(O)O. The van der Waals surface area contributed by atoms with Crippen molar-refractivity contribution in [2.45, 2.75) is 25.6 Å². The summed E-state index contributed by atoms with van der Waals surface area (Å²) in [5.74, 6) is 0. The van der Waals surface area contributed by atoms with Crippen LogP contribution in [0.4, 0.5) is 0 Å². The zero-order valence-electron chi connectivity index (χ0n) is 5.45. The molecule has 0 fully saturated rings. The molecule has 0 spiro atoms. The van der Waals surface area contributed by atoms with Crippen LogP contribution in [0.15, 0.2) is 0 Å². The number of rotatable bonds is 5. The summed E-state index contributed by atoms with van der Waals surface area (Å²) in [6, 6.07) is 0. The van der Waals surface area contributed by atoms with Crippen LogP contribution in [0.5, 0.6) is 0 Å². The van der Waals surface area contributed by atoms with E-state index in [-0.39, 0.29) is 6.61 Å². The molecule has 3 N–H and O–H groups in total. The smallest absolute Gasteiger partial charge is 0.427 e. The van der Waals surface area contributed by atoms with Gasteiger partial charge in [-0.1, -0.05) is 12.8 Å². The van der Waals surface area contributed by atoms with Gasteiger partial charge in [0, 0.05) is 6.61 Å². The Hall–Kier alpha value is -0.0551. The lowest BCUT2D eigenvalue weighted by molar-refractivity contribution is 0.283. The predicted octanol–water partition coefficient (Wildman–Crippen LogP) is -0.378. The Morgan fingerprint density at radius 3 is 2.11 bits per heavy atom. The van der Waals surface area contributed by atoms with Crippen molar-refractivity contribution in [3.63, 3.8) is 0 Å². The van der Waals surface area contributed by atoms with Gasteiger partial charge in [-0.2, -0.15) is 0 Å². The first-order valence-electron chi connectivity index (χ1n) is 3.24. The van der Waals surface area contributed by atoms with Crippen molar-refractivity contribution >= 4 is 7.12 Å². The number of unbranched alkanes of at least 4 members (excludes halogenated alkanes) is 2. The van der Waals surface area contributed by atoms with Crippen LogP contribution in [0, 0.1) is 0 Å². The molecule has 0 bridgehead atoms. The van der Waals surface area contributed by atoms with Gasteiger partial charge in [-0.3, -0.25) is 0 Å². The Morgan fingerprint density at radius 1 is 1.00 bits per heavy atom. The zero-order valence-corrected chi connectivity index (χ0v) is 5.45. The number of aliphatic hydroxyl groups excluding tert-OH is 1. The fraction of sp³-hybridized carbons (Fsp3) is 1.00. The highest BCUT2D eigenvalue weighted by Gasteiger charge is 2.03. The highest BCUT2D eigenvalue weighted by Crippen LogP contribution is 1.99. The molecule has 0 saturated heterocycles. The fourth-order valence-electron chi connectivity index (χ4n) is 0.615. The molecule has 0 heterocycles. The van der Waals surface area contributed by atoms with Crippen LogP contribution in [-0.4, -0.2) is 28.9 Å². The van der Waals surface area contributed by atoms with E-state index in [2.05, 4.69) is 0 Å². The van der Waals surface area contributed by atoms with E-state index in [1.165, 1.54) is 0 Å². The Morgan fingerprint density at radius 2 is 1.67 bits per heavy atom. The van der Waals surface area contributed by atoms with Crippen LogP contribution >= 0.6 is 0 Å². The zero-order chi connectivity index (χ0) is 7.11. The molecular formula is C5H13BO3. The predicted molar refractivity (Wildman–Crippen MR) is 35.9 cm³/mol. The van der Waals surface area contributed by atoms with Gasteiger partial charge in [0.15, 0.2) is 0 Å². The summed E-state index contributed by atoms with van der Waals surface area (Å²) in [7, 11) is -1.18. The van der Waals surface area contributed by atoms with E-state index in [0.717, 1.165) is 19.3 Å². The summed E-state index contributed by atoms with van der Waals surface area (Å²) in [5, 5.41) is 25.0. The second kappa shape index (κ2) is 6.07. The van der Waals surface area contributed by atoms with Gasteiger partial charge in [-0.25, -0.2) is 0 Å². The second-order valence-corrected chi connectivity index (χ2v) is 2.05. The third kappa shape index (κ3) is 7.94. The van der Waals surface area contributed by atoms with Gasteiger partial charge in [0.05, 0.1) is 0 Å². The quantitative estimate of drug-likeness (QED) is 0.353. The van der Waals surface area contributed by atoms with Crippen molar-refractivity contribution < 1.29 is 15.2 Å². The molecule has 3 nitrogen and oxygen atoms in total. The molecule has 54 valence electrons. The first kappa shape index (κ1) is 8.94. The van der Waals surface area contributed by atoms with Crippen molar-refractivity contribution in [1.82, 2.24) is 0 Å². The van der Waals surface area contributed by atoms with E-state index in [0.29, 0.717) is 6.32 Å². The van der Waals surface area contributed by atoms with E-state index >= 15 is 0 Å². The average molecular weight is 132 g/mol. The average Bonchev–Trinajstić information content (AvgIpc) is 1.80. The molecule has 9 heavy (non-hydrogen) atoms. The van der Waals surface area contributed by atoms with Gasteiger partial charge in [0.25, 0.3) is 0 Å². The molecule has 0 atom stereocenters. The maximum atomic E-state index is 8.34. The minimum Gasteiger partial charge on any atom is -0.427 e. The molecule has 0 aromatic rings. The molecule has 0 aromatic heterocycles. The largest absolute Gasteiger partial charge is 0.451 e.